The molecule has 1 unspecified atom stereocenters. The Morgan fingerprint density at radius 3 is 2.72 bits per heavy atom. The monoisotopic (exact) mass is 267 g/mol. The van der Waals surface area contributed by atoms with Gasteiger partial charge in [0, 0.05) is 23.0 Å². The third-order valence-electron chi connectivity index (χ3n) is 3.90. The number of benzene rings is 1. The van der Waals surface area contributed by atoms with Gasteiger partial charge in [-0.1, -0.05) is 25.4 Å². The predicted octanol–water partition coefficient (Wildman–Crippen LogP) is 3.94. The maximum Gasteiger partial charge on any atom is 0.122 e. The summed E-state index contributed by atoms with van der Waals surface area (Å²) in [6.07, 6.45) is 2.28. The summed E-state index contributed by atoms with van der Waals surface area (Å²) >= 11 is 6.32. The first-order valence-corrected chi connectivity index (χ1v) is 7.12. The SMILES string of the molecule is Cc1c(Cl)cc(C(C)C)c(O)c1C1CCCNC1. The number of aromatic hydroxyl groups is 1. The second-order valence-corrected chi connectivity index (χ2v) is 5.94. The van der Waals surface area contributed by atoms with Crippen molar-refractivity contribution in [1.82, 2.24) is 5.32 Å². The Balaban J connectivity index is 2.49. The molecule has 1 aliphatic heterocycles. The minimum atomic E-state index is 0.290. The van der Waals surface area contributed by atoms with E-state index in [1.807, 2.05) is 13.0 Å². The van der Waals surface area contributed by atoms with Gasteiger partial charge in [-0.2, -0.15) is 0 Å². The highest BCUT2D eigenvalue weighted by Gasteiger charge is 2.24. The molecule has 1 saturated heterocycles. The highest BCUT2D eigenvalue weighted by atomic mass is 35.5. The lowest BCUT2D eigenvalue weighted by molar-refractivity contribution is 0.419. The molecule has 0 amide bonds. The largest absolute Gasteiger partial charge is 0.507 e. The molecule has 1 fully saturated rings. The lowest BCUT2D eigenvalue weighted by Gasteiger charge is -2.27. The average molecular weight is 268 g/mol. The summed E-state index contributed by atoms with van der Waals surface area (Å²) in [5.74, 6) is 1.13. The van der Waals surface area contributed by atoms with Gasteiger partial charge in [-0.25, -0.2) is 0 Å². The van der Waals surface area contributed by atoms with E-state index < -0.39 is 0 Å². The van der Waals surface area contributed by atoms with Crippen LogP contribution in [0.1, 0.15) is 55.2 Å². The van der Waals surface area contributed by atoms with Gasteiger partial charge >= 0.3 is 0 Å². The maximum atomic E-state index is 10.5. The van der Waals surface area contributed by atoms with Crippen LogP contribution in [0.25, 0.3) is 0 Å². The number of piperidine rings is 1. The lowest BCUT2D eigenvalue weighted by atomic mass is 9.85. The van der Waals surface area contributed by atoms with Crippen molar-refractivity contribution in [2.75, 3.05) is 13.1 Å². The second-order valence-electron chi connectivity index (χ2n) is 5.53. The van der Waals surface area contributed by atoms with E-state index in [1.54, 1.807) is 0 Å². The van der Waals surface area contributed by atoms with E-state index in [9.17, 15) is 5.11 Å². The van der Waals surface area contributed by atoms with Crippen molar-refractivity contribution in [1.29, 1.82) is 0 Å². The standard InChI is InChI=1S/C15H22ClNO/c1-9(2)12-7-13(16)10(3)14(15(12)18)11-5-4-6-17-8-11/h7,9,11,17-18H,4-6,8H2,1-3H3. The first-order valence-electron chi connectivity index (χ1n) is 6.75. The fraction of sp³-hybridized carbons (Fsp3) is 0.600. The molecule has 0 radical (unpaired) electrons. The number of phenolic OH excluding ortho intramolecular Hbond substituents is 1. The molecule has 1 atom stereocenters. The number of rotatable bonds is 2. The zero-order valence-electron chi connectivity index (χ0n) is 11.4. The second kappa shape index (κ2) is 5.50. The number of hydrogen-bond acceptors (Lipinski definition) is 2. The van der Waals surface area contributed by atoms with Gasteiger partial charge < -0.3 is 10.4 Å². The summed E-state index contributed by atoms with van der Waals surface area (Å²) in [6, 6.07) is 1.91. The van der Waals surface area contributed by atoms with Crippen LogP contribution in [-0.2, 0) is 0 Å². The van der Waals surface area contributed by atoms with Gasteiger partial charge in [0.1, 0.15) is 5.75 Å². The minimum absolute atomic E-state index is 0.290. The fourth-order valence-corrected chi connectivity index (χ4v) is 3.03. The van der Waals surface area contributed by atoms with Crippen LogP contribution >= 0.6 is 11.6 Å². The molecule has 100 valence electrons. The molecule has 1 heterocycles. The van der Waals surface area contributed by atoms with Gasteiger partial charge in [0.05, 0.1) is 0 Å². The van der Waals surface area contributed by atoms with Crippen molar-refractivity contribution in [3.05, 3.63) is 27.8 Å². The van der Waals surface area contributed by atoms with E-state index in [0.29, 0.717) is 17.6 Å². The van der Waals surface area contributed by atoms with Crippen LogP contribution in [0.2, 0.25) is 5.02 Å². The summed E-state index contributed by atoms with van der Waals surface area (Å²) in [4.78, 5) is 0. The van der Waals surface area contributed by atoms with Crippen LogP contribution in [0.3, 0.4) is 0 Å². The van der Waals surface area contributed by atoms with Gasteiger partial charge in [-0.15, -0.1) is 0 Å². The van der Waals surface area contributed by atoms with E-state index in [1.165, 1.54) is 0 Å². The third kappa shape index (κ3) is 2.50. The molecular formula is C15H22ClNO. The molecular weight excluding hydrogens is 246 g/mol. The molecule has 0 aromatic heterocycles. The molecule has 0 saturated carbocycles. The normalized spacial score (nSPS) is 20.4. The Kier molecular flexibility index (Phi) is 4.18. The van der Waals surface area contributed by atoms with Gasteiger partial charge in [0.25, 0.3) is 0 Å². The van der Waals surface area contributed by atoms with Gasteiger partial charge in [0.15, 0.2) is 0 Å². The summed E-state index contributed by atoms with van der Waals surface area (Å²) in [7, 11) is 0. The molecule has 3 heteroatoms. The number of hydrogen-bond donors (Lipinski definition) is 2. The van der Waals surface area contributed by atoms with E-state index in [-0.39, 0.29) is 0 Å². The summed E-state index contributed by atoms with van der Waals surface area (Å²) in [6.45, 7) is 8.20. The van der Waals surface area contributed by atoms with Crippen molar-refractivity contribution in [2.45, 2.75) is 45.4 Å². The van der Waals surface area contributed by atoms with Crippen molar-refractivity contribution in [3.8, 4) is 5.75 Å². The molecule has 0 bridgehead atoms. The van der Waals surface area contributed by atoms with E-state index in [2.05, 4.69) is 19.2 Å². The fourth-order valence-electron chi connectivity index (χ4n) is 2.81. The maximum absolute atomic E-state index is 10.5. The van der Waals surface area contributed by atoms with Crippen LogP contribution in [0.4, 0.5) is 0 Å². The minimum Gasteiger partial charge on any atom is -0.507 e. The highest BCUT2D eigenvalue weighted by molar-refractivity contribution is 6.31. The number of halogens is 1. The predicted molar refractivity (Wildman–Crippen MR) is 76.8 cm³/mol. The topological polar surface area (TPSA) is 32.3 Å². The molecule has 1 aromatic carbocycles. The lowest BCUT2D eigenvalue weighted by Crippen LogP contribution is -2.29. The molecule has 1 aromatic rings. The Hall–Kier alpha value is -0.730. The smallest absolute Gasteiger partial charge is 0.122 e. The Bertz CT molecular complexity index is 437. The number of nitrogens with one attached hydrogen (secondary N) is 1. The molecule has 18 heavy (non-hydrogen) atoms. The summed E-state index contributed by atoms with van der Waals surface area (Å²) in [5.41, 5.74) is 3.05. The van der Waals surface area contributed by atoms with Crippen LogP contribution in [0.5, 0.6) is 5.75 Å². The van der Waals surface area contributed by atoms with Crippen molar-refractivity contribution in [3.63, 3.8) is 0 Å². The molecule has 0 spiro atoms. The van der Waals surface area contributed by atoms with Crippen LogP contribution in [0, 0.1) is 6.92 Å². The van der Waals surface area contributed by atoms with Crippen molar-refractivity contribution < 1.29 is 5.11 Å². The van der Waals surface area contributed by atoms with Gasteiger partial charge in [-0.05, 0) is 49.4 Å². The Labute approximate surface area is 114 Å². The van der Waals surface area contributed by atoms with Crippen LogP contribution in [0.15, 0.2) is 6.07 Å². The first kappa shape index (κ1) is 13.7. The Morgan fingerprint density at radius 1 is 1.44 bits per heavy atom. The zero-order chi connectivity index (χ0) is 13.3. The quantitative estimate of drug-likeness (QED) is 0.851. The van der Waals surface area contributed by atoms with Gasteiger partial charge in [0.2, 0.25) is 0 Å². The van der Waals surface area contributed by atoms with Gasteiger partial charge in [-0.3, -0.25) is 0 Å². The van der Waals surface area contributed by atoms with E-state index in [4.69, 9.17) is 11.6 Å². The third-order valence-corrected chi connectivity index (χ3v) is 4.29. The van der Waals surface area contributed by atoms with Crippen LogP contribution < -0.4 is 5.32 Å². The average Bonchev–Trinajstić information content (AvgIpc) is 2.35. The van der Waals surface area contributed by atoms with E-state index in [0.717, 1.165) is 47.6 Å². The molecule has 2 N–H and O–H groups in total. The number of phenols is 1. The van der Waals surface area contributed by atoms with Crippen molar-refractivity contribution in [2.24, 2.45) is 0 Å². The molecule has 1 aliphatic rings. The van der Waals surface area contributed by atoms with Crippen LogP contribution in [-0.4, -0.2) is 18.2 Å². The first-order chi connectivity index (χ1) is 8.52. The summed E-state index contributed by atoms with van der Waals surface area (Å²) < 4.78 is 0. The van der Waals surface area contributed by atoms with Crippen molar-refractivity contribution >= 4 is 11.6 Å². The molecule has 0 aliphatic carbocycles. The Morgan fingerprint density at radius 2 is 2.17 bits per heavy atom. The van der Waals surface area contributed by atoms with E-state index >= 15 is 0 Å². The zero-order valence-corrected chi connectivity index (χ0v) is 12.1. The highest BCUT2D eigenvalue weighted by Crippen LogP contribution is 2.41. The molecule has 2 nitrogen and oxygen atoms in total. The molecule has 2 rings (SSSR count). The summed E-state index contributed by atoms with van der Waals surface area (Å²) in [5, 5.41) is 14.7.